The fourth-order valence-electron chi connectivity index (χ4n) is 2.78. The summed E-state index contributed by atoms with van der Waals surface area (Å²) in [5.41, 5.74) is 2.62. The van der Waals surface area contributed by atoms with Crippen molar-refractivity contribution in [3.8, 4) is 11.8 Å². The van der Waals surface area contributed by atoms with Crippen molar-refractivity contribution in [3.63, 3.8) is 0 Å². The molecule has 124 valence electrons. The van der Waals surface area contributed by atoms with E-state index in [4.69, 9.17) is 4.74 Å². The largest absolute Gasteiger partial charge is 0.494 e. The summed E-state index contributed by atoms with van der Waals surface area (Å²) < 4.78 is 6.68. The summed E-state index contributed by atoms with van der Waals surface area (Å²) in [5.74, 6) is 0.849. The number of thiazole rings is 1. The number of rotatable bonds is 3. The third kappa shape index (κ3) is 2.76. The maximum absolute atomic E-state index is 9.79. The van der Waals surface area contributed by atoms with Gasteiger partial charge in [-0.25, -0.2) is 4.98 Å². The molecule has 0 unspecified atom stereocenters. The first-order valence-corrected chi connectivity index (χ1v) is 9.53. The fourth-order valence-corrected chi connectivity index (χ4v) is 4.98. The van der Waals surface area contributed by atoms with Crippen molar-refractivity contribution >= 4 is 44.6 Å². The highest BCUT2D eigenvalue weighted by Gasteiger charge is 2.27. The van der Waals surface area contributed by atoms with Crippen LogP contribution in [0.4, 0.5) is 5.69 Å². The van der Waals surface area contributed by atoms with Gasteiger partial charge < -0.3 is 9.64 Å². The zero-order valence-corrected chi connectivity index (χ0v) is 15.4. The molecule has 2 heterocycles. The van der Waals surface area contributed by atoms with Crippen molar-refractivity contribution in [1.29, 1.82) is 5.26 Å². The maximum atomic E-state index is 9.79. The Balaban J connectivity index is 1.79. The van der Waals surface area contributed by atoms with Gasteiger partial charge in [0.15, 0.2) is 0 Å². The molecule has 1 aromatic heterocycles. The van der Waals surface area contributed by atoms with Gasteiger partial charge in [-0.15, -0.1) is 11.3 Å². The Bertz CT molecular complexity index is 1000. The van der Waals surface area contributed by atoms with Gasteiger partial charge in [-0.05, 0) is 37.3 Å². The molecule has 25 heavy (non-hydrogen) atoms. The van der Waals surface area contributed by atoms with Crippen LogP contribution in [0.1, 0.15) is 11.9 Å². The predicted molar refractivity (Wildman–Crippen MR) is 104 cm³/mol. The minimum absolute atomic E-state index is 0.614. The Hall–Kier alpha value is -2.49. The van der Waals surface area contributed by atoms with Gasteiger partial charge in [0.2, 0.25) is 0 Å². The fraction of sp³-hybridized carbons (Fsp3) is 0.158. The van der Waals surface area contributed by atoms with E-state index in [-0.39, 0.29) is 0 Å². The van der Waals surface area contributed by atoms with Crippen molar-refractivity contribution in [2.75, 3.05) is 18.6 Å². The molecule has 3 aromatic rings. The molecular weight excluding hydrogens is 350 g/mol. The third-order valence-electron chi connectivity index (χ3n) is 3.95. The summed E-state index contributed by atoms with van der Waals surface area (Å²) in [6, 6.07) is 16.4. The highest BCUT2D eigenvalue weighted by atomic mass is 32.2. The topological polar surface area (TPSA) is 49.1 Å². The molecule has 0 aliphatic carbocycles. The van der Waals surface area contributed by atoms with Crippen LogP contribution in [0.5, 0.6) is 5.75 Å². The third-order valence-corrected chi connectivity index (χ3v) is 6.22. The van der Waals surface area contributed by atoms with Crippen LogP contribution in [-0.2, 0) is 0 Å². The smallest absolute Gasteiger partial charge is 0.137 e. The van der Waals surface area contributed by atoms with E-state index in [1.807, 2.05) is 56.4 Å². The number of allylic oxidation sites excluding steroid dienone is 1. The number of hydrogen-bond donors (Lipinski definition) is 0. The standard InChI is InChI=1S/C19H15N3OS2/c1-3-23-12-8-9-15-17(10-12)25-19(22(15)2)13(11-20)18-21-14-6-4-5-7-16(14)24-18/h4-10H,3H2,1-2H3/b19-13-. The second-order valence-corrected chi connectivity index (χ2v) is 7.56. The lowest BCUT2D eigenvalue weighted by molar-refractivity contribution is 0.339. The summed E-state index contributed by atoms with van der Waals surface area (Å²) in [5, 5.41) is 11.5. The Morgan fingerprint density at radius 2 is 2.12 bits per heavy atom. The van der Waals surface area contributed by atoms with Gasteiger partial charge in [0, 0.05) is 11.9 Å². The van der Waals surface area contributed by atoms with Crippen LogP contribution < -0.4 is 9.64 Å². The van der Waals surface area contributed by atoms with Gasteiger partial charge in [-0.1, -0.05) is 23.9 Å². The van der Waals surface area contributed by atoms with E-state index >= 15 is 0 Å². The molecule has 1 aliphatic rings. The van der Waals surface area contributed by atoms with Gasteiger partial charge in [0.25, 0.3) is 0 Å². The van der Waals surface area contributed by atoms with Crippen molar-refractivity contribution in [1.82, 2.24) is 4.98 Å². The molecule has 4 nitrogen and oxygen atoms in total. The number of nitrogens with zero attached hydrogens (tertiary/aromatic N) is 3. The number of fused-ring (bicyclic) bond motifs is 2. The van der Waals surface area contributed by atoms with Gasteiger partial charge in [-0.2, -0.15) is 5.26 Å². The van der Waals surface area contributed by atoms with E-state index in [1.54, 1.807) is 23.1 Å². The average Bonchev–Trinajstić information content (AvgIpc) is 3.18. The number of benzene rings is 2. The van der Waals surface area contributed by atoms with Crippen molar-refractivity contribution in [2.45, 2.75) is 11.8 Å². The van der Waals surface area contributed by atoms with Crippen LogP contribution in [0.25, 0.3) is 15.8 Å². The molecule has 0 radical (unpaired) electrons. The van der Waals surface area contributed by atoms with Gasteiger partial charge >= 0.3 is 0 Å². The molecule has 0 atom stereocenters. The number of thioether (sulfide) groups is 1. The molecular formula is C19H15N3OS2. The van der Waals surface area contributed by atoms with Crippen molar-refractivity contribution in [3.05, 3.63) is 52.5 Å². The Kier molecular flexibility index (Phi) is 4.12. The summed E-state index contributed by atoms with van der Waals surface area (Å²) in [7, 11) is 1.99. The number of anilines is 1. The minimum Gasteiger partial charge on any atom is -0.494 e. The lowest BCUT2D eigenvalue weighted by Gasteiger charge is -2.14. The van der Waals surface area contributed by atoms with Gasteiger partial charge in [0.05, 0.1) is 22.5 Å². The van der Waals surface area contributed by atoms with E-state index in [1.165, 1.54) is 0 Å². The second-order valence-electron chi connectivity index (χ2n) is 5.50. The average molecular weight is 365 g/mol. The number of ether oxygens (including phenoxy) is 1. The quantitative estimate of drug-likeness (QED) is 0.602. The second kappa shape index (κ2) is 6.43. The summed E-state index contributed by atoms with van der Waals surface area (Å²) in [6.07, 6.45) is 0. The molecule has 1 aliphatic heterocycles. The van der Waals surface area contributed by atoms with Crippen molar-refractivity contribution in [2.24, 2.45) is 0 Å². The van der Waals surface area contributed by atoms with E-state index in [2.05, 4.69) is 16.0 Å². The molecule has 0 saturated heterocycles. The molecule has 0 saturated carbocycles. The number of aromatic nitrogens is 1. The van der Waals surface area contributed by atoms with Crippen LogP contribution in [0, 0.1) is 11.3 Å². The first-order chi connectivity index (χ1) is 12.2. The molecule has 4 rings (SSSR count). The lowest BCUT2D eigenvalue weighted by Crippen LogP contribution is -2.11. The summed E-state index contributed by atoms with van der Waals surface area (Å²) in [4.78, 5) is 7.80. The van der Waals surface area contributed by atoms with E-state index < -0.39 is 0 Å². The first kappa shape index (κ1) is 16.0. The van der Waals surface area contributed by atoms with E-state index in [0.717, 1.165) is 36.6 Å². The number of nitriles is 1. The monoisotopic (exact) mass is 365 g/mol. The number of para-hydroxylation sites is 1. The van der Waals surface area contributed by atoms with Gasteiger partial charge in [-0.3, -0.25) is 0 Å². The lowest BCUT2D eigenvalue weighted by atomic mass is 10.2. The Labute approximate surface area is 154 Å². The molecule has 0 bridgehead atoms. The highest BCUT2D eigenvalue weighted by Crippen LogP contribution is 2.49. The maximum Gasteiger partial charge on any atom is 0.137 e. The van der Waals surface area contributed by atoms with Crippen LogP contribution in [-0.4, -0.2) is 18.6 Å². The Morgan fingerprint density at radius 3 is 2.88 bits per heavy atom. The highest BCUT2D eigenvalue weighted by molar-refractivity contribution is 8.04. The molecule has 0 fully saturated rings. The first-order valence-electron chi connectivity index (χ1n) is 7.90. The minimum atomic E-state index is 0.614. The molecule has 2 aromatic carbocycles. The van der Waals surface area contributed by atoms with Crippen LogP contribution in [0.3, 0.4) is 0 Å². The van der Waals surface area contributed by atoms with E-state index in [0.29, 0.717) is 12.2 Å². The number of hydrogen-bond acceptors (Lipinski definition) is 6. The van der Waals surface area contributed by atoms with Crippen LogP contribution in [0.15, 0.2) is 52.4 Å². The van der Waals surface area contributed by atoms with Crippen LogP contribution >= 0.6 is 23.1 Å². The summed E-state index contributed by atoms with van der Waals surface area (Å²) in [6.45, 7) is 2.61. The van der Waals surface area contributed by atoms with Crippen LogP contribution in [0.2, 0.25) is 0 Å². The SMILES string of the molecule is CCOc1ccc2c(c1)S/C(=C(/C#N)c1nc3ccccc3s1)N2C. The molecule has 0 spiro atoms. The molecule has 6 heteroatoms. The summed E-state index contributed by atoms with van der Waals surface area (Å²) >= 11 is 3.14. The predicted octanol–water partition coefficient (Wildman–Crippen LogP) is 5.13. The zero-order valence-electron chi connectivity index (χ0n) is 13.8. The van der Waals surface area contributed by atoms with Gasteiger partial charge in [0.1, 0.15) is 27.4 Å². The van der Waals surface area contributed by atoms with E-state index in [9.17, 15) is 5.26 Å². The van der Waals surface area contributed by atoms with Crippen molar-refractivity contribution < 1.29 is 4.74 Å². The zero-order chi connectivity index (χ0) is 17.4. The normalized spacial score (nSPS) is 15.2. The Morgan fingerprint density at radius 1 is 1.28 bits per heavy atom. The molecule has 0 N–H and O–H groups in total. The molecule has 0 amide bonds.